The Balaban J connectivity index is 0.00000420. The maximum absolute atomic E-state index is 14.0. The van der Waals surface area contributed by atoms with Crippen LogP contribution in [0.5, 0.6) is 23.0 Å². The van der Waals surface area contributed by atoms with Crippen molar-refractivity contribution in [3.05, 3.63) is 236 Å². The molecule has 80 heavy (non-hydrogen) atoms. The first-order valence-corrected chi connectivity index (χ1v) is 26.7. The number of carbonyl (C=O) groups is 2. The molecule has 10 rings (SSSR count). The average molecular weight is 1120 g/mol. The van der Waals surface area contributed by atoms with Gasteiger partial charge in [0.25, 0.3) is 11.1 Å². The number of rotatable bonds is 19. The maximum Gasteiger partial charge on any atom is 1.00 e. The largest absolute Gasteiger partial charge is 1.00 e. The second kappa shape index (κ2) is 26.1. The molecule has 0 radical (unpaired) electrons. The van der Waals surface area contributed by atoms with E-state index < -0.39 is 20.8 Å². The van der Waals surface area contributed by atoms with Crippen LogP contribution < -0.4 is 85.0 Å². The molecule has 0 fully saturated rings. The maximum atomic E-state index is 14.0. The Hall–Kier alpha value is -6.88. The Kier molecular flexibility index (Phi) is 19.4. The summed E-state index contributed by atoms with van der Waals surface area (Å²) in [6.07, 6.45) is 1.05. The van der Waals surface area contributed by atoms with E-state index in [0.29, 0.717) is 90.8 Å². The van der Waals surface area contributed by atoms with Crippen LogP contribution in [-0.4, -0.2) is 44.1 Å². The van der Waals surface area contributed by atoms with Crippen LogP contribution in [0.25, 0.3) is 44.1 Å². The second-order valence-electron chi connectivity index (χ2n) is 17.8. The topological polar surface area (TPSA) is 221 Å². The first-order valence-electron chi connectivity index (χ1n) is 24.5. The summed E-state index contributed by atoms with van der Waals surface area (Å²) in [4.78, 5) is 53.4. The molecule has 0 unspecified atom stereocenters. The third-order valence-electron chi connectivity index (χ3n) is 13.0. The molecule has 2 heterocycles. The van der Waals surface area contributed by atoms with Crippen LogP contribution in [0.3, 0.4) is 0 Å². The molecule has 0 spiro atoms. The van der Waals surface area contributed by atoms with Crippen molar-refractivity contribution >= 4 is 55.3 Å². The predicted molar refractivity (Wildman–Crippen MR) is 290 cm³/mol. The summed E-state index contributed by atoms with van der Waals surface area (Å²) >= 11 is 0.526. The Bertz CT molecular complexity index is 4160. The number of hydrogen-bond donors (Lipinski definition) is 0. The molecule has 0 aliphatic rings. The molecule has 0 saturated carbocycles. The van der Waals surface area contributed by atoms with Crippen molar-refractivity contribution < 1.29 is 106 Å². The summed E-state index contributed by atoms with van der Waals surface area (Å²) in [6.45, 7) is 4.28. The van der Waals surface area contributed by atoms with Gasteiger partial charge >= 0.3 is 59.1 Å². The monoisotopic (exact) mass is 1120 g/mol. The Labute approximate surface area is 507 Å². The Morgan fingerprint density at radius 1 is 0.562 bits per heavy atom. The Morgan fingerprint density at radius 3 is 1.56 bits per heavy atom. The summed E-state index contributed by atoms with van der Waals surface area (Å²) in [6, 6.07) is 50.3. The SMILES string of the molecule is CCc1ccc(C(=O)c2ccc(Oc3ccc(-c4nn(CCc5ccc(C(=O)c6ccc(Oc7ccc(-c8nn(CC)c(=O)c9ccccc89)cc7)c(S(=O)(=O)[O-])c6)cc5SOO[O-])c(=O)c5ccccc45)cc3)cc2)cc1.[Na+].[Na+]. The van der Waals surface area contributed by atoms with Gasteiger partial charge < -0.3 is 19.3 Å². The quantitative estimate of drug-likeness (QED) is 0.0273. The summed E-state index contributed by atoms with van der Waals surface area (Å²) in [7, 11) is -5.20. The van der Waals surface area contributed by atoms with Gasteiger partial charge in [-0.25, -0.2) is 17.8 Å². The number of aromatic nitrogens is 4. The van der Waals surface area contributed by atoms with E-state index in [1.165, 1.54) is 33.6 Å². The number of fused-ring (bicyclic) bond motifs is 2. The molecule has 0 saturated heterocycles. The molecule has 8 aromatic carbocycles. The van der Waals surface area contributed by atoms with E-state index in [9.17, 15) is 37.4 Å². The van der Waals surface area contributed by atoms with E-state index in [0.717, 1.165) is 18.1 Å². The van der Waals surface area contributed by atoms with E-state index in [-0.39, 0.29) is 117 Å². The molecule has 16 nitrogen and oxygen atoms in total. The van der Waals surface area contributed by atoms with Crippen LogP contribution in [-0.2, 0) is 45.4 Å². The minimum atomic E-state index is -5.20. The van der Waals surface area contributed by atoms with Crippen LogP contribution in [0.2, 0.25) is 0 Å². The van der Waals surface area contributed by atoms with Crippen molar-refractivity contribution in [3.8, 4) is 45.5 Å². The van der Waals surface area contributed by atoms with Crippen molar-refractivity contribution in [2.45, 2.75) is 49.6 Å². The zero-order valence-corrected chi connectivity index (χ0v) is 49.3. The summed E-state index contributed by atoms with van der Waals surface area (Å²) in [5.74, 6) is 0.162. The number of benzene rings is 8. The molecule has 0 aliphatic heterocycles. The van der Waals surface area contributed by atoms with E-state index >= 15 is 0 Å². The first kappa shape index (κ1) is 59.2. The smallest absolute Gasteiger partial charge is 0.744 e. The number of ketones is 2. The van der Waals surface area contributed by atoms with Crippen LogP contribution in [0.4, 0.5) is 0 Å². The van der Waals surface area contributed by atoms with Gasteiger partial charge in [0.1, 0.15) is 33.1 Å². The second-order valence-corrected chi connectivity index (χ2v) is 19.9. The normalized spacial score (nSPS) is 11.2. The van der Waals surface area contributed by atoms with E-state index in [1.54, 1.807) is 103 Å². The molecule has 20 heteroatoms. The van der Waals surface area contributed by atoms with Gasteiger partial charge in [-0.1, -0.05) is 79.7 Å². The van der Waals surface area contributed by atoms with E-state index in [2.05, 4.69) is 21.4 Å². The van der Waals surface area contributed by atoms with Crippen LogP contribution in [0.1, 0.15) is 56.8 Å². The standard InChI is InChI=1S/C60H46N4O12S2.2Na/c1-3-37-13-15-41(16-14-37)57(65)42-23-30-46(31-24-42)73-45-26-19-40(20-27-45)56-49-10-6-8-12-51(49)60(68)64(62-56)34-33-38-17-18-43(35-53(38)77-76-75-69)58(66)44-25-32-52(54(36-44)78(70,71)72)74-47-28-21-39(22-29-47)55-48-9-5-7-11-50(48)59(67)63(4-2)61-55;;/h5-32,35-36,69H,3-4,33-34H2,1-2H3,(H,70,71,72);;/q;2*+1/p-2. The molecule has 0 N–H and O–H groups in total. The van der Waals surface area contributed by atoms with E-state index in [4.69, 9.17) is 14.6 Å². The number of hydrogen-bond acceptors (Lipinski definition) is 15. The fourth-order valence-corrected chi connectivity index (χ4v) is 10.2. The molecule has 0 atom stereocenters. The van der Waals surface area contributed by atoms with Crippen molar-refractivity contribution in [2.24, 2.45) is 0 Å². The average Bonchev–Trinajstić information content (AvgIpc) is 3.55. The molecular formula is C60H44N4Na2O12S2. The van der Waals surface area contributed by atoms with Crippen molar-refractivity contribution in [1.29, 1.82) is 0 Å². The number of carbonyl (C=O) groups excluding carboxylic acids is 2. The van der Waals surface area contributed by atoms with Gasteiger partial charge in [-0.15, -0.1) is 0 Å². The minimum Gasteiger partial charge on any atom is -0.744 e. The van der Waals surface area contributed by atoms with Gasteiger partial charge in [-0.05, 0) is 140 Å². The van der Waals surface area contributed by atoms with Gasteiger partial charge in [-0.2, -0.15) is 14.5 Å². The third kappa shape index (κ3) is 13.0. The van der Waals surface area contributed by atoms with Crippen molar-refractivity contribution in [1.82, 2.24) is 19.6 Å². The molecule has 0 aliphatic carbocycles. The fourth-order valence-electron chi connectivity index (χ4n) is 8.97. The third-order valence-corrected chi connectivity index (χ3v) is 14.6. The molecule has 10 aromatic rings. The molecular weight excluding hydrogens is 1080 g/mol. The zero-order chi connectivity index (χ0) is 54.5. The van der Waals surface area contributed by atoms with Crippen LogP contribution in [0.15, 0.2) is 201 Å². The summed E-state index contributed by atoms with van der Waals surface area (Å²) in [5, 5.41) is 26.2. The van der Waals surface area contributed by atoms with Gasteiger partial charge in [0, 0.05) is 62.1 Å². The van der Waals surface area contributed by atoms with Gasteiger partial charge in [0.15, 0.2) is 11.6 Å². The molecule has 2 aromatic heterocycles. The molecule has 0 amide bonds. The van der Waals surface area contributed by atoms with Crippen molar-refractivity contribution in [2.75, 3.05) is 0 Å². The van der Waals surface area contributed by atoms with Gasteiger partial charge in [0.05, 0.1) is 39.1 Å². The van der Waals surface area contributed by atoms with Crippen LogP contribution in [0, 0.1) is 0 Å². The predicted octanol–water partition coefficient (Wildman–Crippen LogP) is 4.45. The number of aryl methyl sites for hydroxylation is 4. The zero-order valence-electron chi connectivity index (χ0n) is 43.7. The van der Waals surface area contributed by atoms with Gasteiger partial charge in [-0.3, -0.25) is 24.2 Å². The summed E-state index contributed by atoms with van der Waals surface area (Å²) in [5.41, 5.74) is 4.57. The number of ether oxygens (including phenoxy) is 2. The Morgan fingerprint density at radius 2 is 1.02 bits per heavy atom. The minimum absolute atomic E-state index is 0. The first-order chi connectivity index (χ1) is 37.8. The summed E-state index contributed by atoms with van der Waals surface area (Å²) < 4.78 is 57.4. The number of nitrogens with zero attached hydrogens (tertiary/aromatic N) is 4. The van der Waals surface area contributed by atoms with Gasteiger partial charge in [0.2, 0.25) is 0 Å². The molecule has 0 bridgehead atoms. The fraction of sp³-hybridized carbons (Fsp3) is 0.100. The van der Waals surface area contributed by atoms with E-state index in [1.807, 2.05) is 55.5 Å². The van der Waals surface area contributed by atoms with Crippen molar-refractivity contribution in [3.63, 3.8) is 0 Å². The molecule has 390 valence electrons. The van der Waals surface area contributed by atoms with Crippen LogP contribution >= 0.6 is 12.0 Å².